The summed E-state index contributed by atoms with van der Waals surface area (Å²) >= 11 is 5.77. The van der Waals surface area contributed by atoms with Gasteiger partial charge in [-0.3, -0.25) is 0 Å². The number of nitrogens with zero attached hydrogens (tertiary/aromatic N) is 1. The molecule has 0 amide bonds. The van der Waals surface area contributed by atoms with Crippen molar-refractivity contribution in [2.75, 3.05) is 19.5 Å². The number of alkyl halides is 1. The first kappa shape index (κ1) is 14.3. The molecule has 96 valence electrons. The summed E-state index contributed by atoms with van der Waals surface area (Å²) in [6, 6.07) is 0.853. The molecule has 0 heterocycles. The molecule has 2 heteroatoms. The molecule has 0 N–H and O–H groups in total. The first-order valence-corrected chi connectivity index (χ1v) is 7.53. The third-order valence-corrected chi connectivity index (χ3v) is 4.24. The lowest BCUT2D eigenvalue weighted by Gasteiger charge is -2.28. The SMILES string of the molecule is CC(CCCl)CCN(C)C1CCCCCC1. The average Bonchev–Trinajstić information content (AvgIpc) is 2.55. The van der Waals surface area contributed by atoms with Gasteiger partial charge >= 0.3 is 0 Å². The Bertz CT molecular complexity index is 164. The molecule has 0 aromatic carbocycles. The van der Waals surface area contributed by atoms with E-state index in [0.717, 1.165) is 17.8 Å². The maximum absolute atomic E-state index is 5.77. The first-order valence-electron chi connectivity index (χ1n) is 7.00. The van der Waals surface area contributed by atoms with Crippen molar-refractivity contribution in [3.05, 3.63) is 0 Å². The maximum atomic E-state index is 5.77. The number of hydrogen-bond donors (Lipinski definition) is 0. The van der Waals surface area contributed by atoms with Crippen LogP contribution >= 0.6 is 11.6 Å². The summed E-state index contributed by atoms with van der Waals surface area (Å²) in [4.78, 5) is 2.59. The maximum Gasteiger partial charge on any atom is 0.0225 e. The Morgan fingerprint density at radius 1 is 1.12 bits per heavy atom. The van der Waals surface area contributed by atoms with Crippen molar-refractivity contribution >= 4 is 11.6 Å². The molecule has 1 saturated carbocycles. The molecule has 0 aromatic heterocycles. The lowest BCUT2D eigenvalue weighted by atomic mass is 10.0. The molecule has 1 rings (SSSR count). The summed E-state index contributed by atoms with van der Waals surface area (Å²) in [6.45, 7) is 3.58. The van der Waals surface area contributed by atoms with E-state index in [2.05, 4.69) is 18.9 Å². The van der Waals surface area contributed by atoms with Crippen molar-refractivity contribution in [3.63, 3.8) is 0 Å². The van der Waals surface area contributed by atoms with Crippen molar-refractivity contribution in [2.45, 2.75) is 64.3 Å². The molecule has 0 radical (unpaired) electrons. The Morgan fingerprint density at radius 3 is 2.31 bits per heavy atom. The van der Waals surface area contributed by atoms with Crippen LogP contribution in [0.3, 0.4) is 0 Å². The molecular formula is C14H28ClN. The predicted octanol–water partition coefficient (Wildman–Crippen LogP) is 4.30. The molecule has 0 aliphatic heterocycles. The van der Waals surface area contributed by atoms with Crippen LogP contribution in [0.5, 0.6) is 0 Å². The highest BCUT2D eigenvalue weighted by Crippen LogP contribution is 2.21. The monoisotopic (exact) mass is 245 g/mol. The zero-order chi connectivity index (χ0) is 11.8. The van der Waals surface area contributed by atoms with Gasteiger partial charge < -0.3 is 4.90 Å². The van der Waals surface area contributed by atoms with Crippen LogP contribution in [0.2, 0.25) is 0 Å². The van der Waals surface area contributed by atoms with Crippen LogP contribution in [-0.4, -0.2) is 30.4 Å². The normalized spacial score (nSPS) is 21.0. The Balaban J connectivity index is 2.19. The summed E-state index contributed by atoms with van der Waals surface area (Å²) < 4.78 is 0. The number of halogens is 1. The summed E-state index contributed by atoms with van der Waals surface area (Å²) in [7, 11) is 2.31. The van der Waals surface area contributed by atoms with Gasteiger partial charge in [0.05, 0.1) is 0 Å². The molecule has 16 heavy (non-hydrogen) atoms. The lowest BCUT2D eigenvalue weighted by Crippen LogP contribution is -2.32. The molecule has 1 aliphatic carbocycles. The Kier molecular flexibility index (Phi) is 7.47. The molecule has 0 bridgehead atoms. The average molecular weight is 246 g/mol. The summed E-state index contributed by atoms with van der Waals surface area (Å²) in [5.74, 6) is 1.60. The Labute approximate surface area is 107 Å². The van der Waals surface area contributed by atoms with Crippen LogP contribution in [0.1, 0.15) is 58.3 Å². The minimum absolute atomic E-state index is 0.783. The molecule has 1 nitrogen and oxygen atoms in total. The molecule has 1 atom stereocenters. The fraction of sp³-hybridized carbons (Fsp3) is 1.00. The molecule has 1 unspecified atom stereocenters. The molecule has 0 aromatic rings. The Morgan fingerprint density at radius 2 is 1.75 bits per heavy atom. The van der Waals surface area contributed by atoms with E-state index in [1.54, 1.807) is 0 Å². The van der Waals surface area contributed by atoms with Crippen molar-refractivity contribution in [2.24, 2.45) is 5.92 Å². The van der Waals surface area contributed by atoms with Gasteiger partial charge in [0.2, 0.25) is 0 Å². The van der Waals surface area contributed by atoms with E-state index in [1.165, 1.54) is 57.9 Å². The van der Waals surface area contributed by atoms with Gasteiger partial charge in [0.25, 0.3) is 0 Å². The van der Waals surface area contributed by atoms with Crippen LogP contribution in [0.25, 0.3) is 0 Å². The largest absolute Gasteiger partial charge is 0.303 e. The Hall–Kier alpha value is 0.250. The van der Waals surface area contributed by atoms with Gasteiger partial charge in [0, 0.05) is 11.9 Å². The van der Waals surface area contributed by atoms with Crippen molar-refractivity contribution in [1.29, 1.82) is 0 Å². The van der Waals surface area contributed by atoms with Gasteiger partial charge in [-0.05, 0) is 45.2 Å². The van der Waals surface area contributed by atoms with E-state index in [9.17, 15) is 0 Å². The zero-order valence-corrected chi connectivity index (χ0v) is 11.8. The first-order chi connectivity index (χ1) is 7.74. The highest BCUT2D eigenvalue weighted by molar-refractivity contribution is 6.17. The highest BCUT2D eigenvalue weighted by atomic mass is 35.5. The fourth-order valence-electron chi connectivity index (χ4n) is 2.64. The lowest BCUT2D eigenvalue weighted by molar-refractivity contribution is 0.207. The third kappa shape index (κ3) is 5.54. The molecule has 0 spiro atoms. The number of rotatable bonds is 6. The minimum atomic E-state index is 0.783. The van der Waals surface area contributed by atoms with Crippen molar-refractivity contribution in [3.8, 4) is 0 Å². The second-order valence-electron chi connectivity index (χ2n) is 5.50. The smallest absolute Gasteiger partial charge is 0.0225 e. The zero-order valence-electron chi connectivity index (χ0n) is 11.1. The predicted molar refractivity (Wildman–Crippen MR) is 73.2 cm³/mol. The van der Waals surface area contributed by atoms with Gasteiger partial charge in [0.15, 0.2) is 0 Å². The second kappa shape index (κ2) is 8.36. The van der Waals surface area contributed by atoms with Crippen LogP contribution in [-0.2, 0) is 0 Å². The van der Waals surface area contributed by atoms with E-state index < -0.39 is 0 Å². The van der Waals surface area contributed by atoms with E-state index in [4.69, 9.17) is 11.6 Å². The summed E-state index contributed by atoms with van der Waals surface area (Å²) in [6.07, 6.45) is 11.1. The molecule has 0 saturated heterocycles. The van der Waals surface area contributed by atoms with Crippen LogP contribution in [0, 0.1) is 5.92 Å². The van der Waals surface area contributed by atoms with Gasteiger partial charge in [-0.15, -0.1) is 11.6 Å². The molecular weight excluding hydrogens is 218 g/mol. The van der Waals surface area contributed by atoms with E-state index in [-0.39, 0.29) is 0 Å². The quantitative estimate of drug-likeness (QED) is 0.498. The fourth-order valence-corrected chi connectivity index (χ4v) is 3.01. The third-order valence-electron chi connectivity index (χ3n) is 4.02. The van der Waals surface area contributed by atoms with Crippen LogP contribution in [0.4, 0.5) is 0 Å². The topological polar surface area (TPSA) is 3.24 Å². The molecule has 1 fully saturated rings. The second-order valence-corrected chi connectivity index (χ2v) is 5.88. The summed E-state index contributed by atoms with van der Waals surface area (Å²) in [5.41, 5.74) is 0. The molecule has 1 aliphatic rings. The minimum Gasteiger partial charge on any atom is -0.303 e. The number of hydrogen-bond acceptors (Lipinski definition) is 1. The van der Waals surface area contributed by atoms with Gasteiger partial charge in [0.1, 0.15) is 0 Å². The summed E-state index contributed by atoms with van der Waals surface area (Å²) in [5, 5.41) is 0. The van der Waals surface area contributed by atoms with E-state index in [1.807, 2.05) is 0 Å². The standard InChI is InChI=1S/C14H28ClN/c1-13(9-11-15)10-12-16(2)14-7-5-3-4-6-8-14/h13-14H,3-12H2,1-2H3. The van der Waals surface area contributed by atoms with Gasteiger partial charge in [-0.2, -0.15) is 0 Å². The van der Waals surface area contributed by atoms with Gasteiger partial charge in [-0.25, -0.2) is 0 Å². The van der Waals surface area contributed by atoms with Gasteiger partial charge in [-0.1, -0.05) is 32.6 Å². The van der Waals surface area contributed by atoms with E-state index >= 15 is 0 Å². The van der Waals surface area contributed by atoms with Crippen molar-refractivity contribution in [1.82, 2.24) is 4.90 Å². The highest BCUT2D eigenvalue weighted by Gasteiger charge is 2.16. The van der Waals surface area contributed by atoms with Crippen molar-refractivity contribution < 1.29 is 0 Å². The van der Waals surface area contributed by atoms with Crippen LogP contribution < -0.4 is 0 Å². The van der Waals surface area contributed by atoms with Crippen LogP contribution in [0.15, 0.2) is 0 Å². The van der Waals surface area contributed by atoms with E-state index in [0.29, 0.717) is 0 Å².